The molecule has 3 aliphatic heterocycles. The number of anilines is 2. The SMILES string of the molecule is COc1ccc(N2C(=O)[C@@H]3[C@H](C)N[C@]4(C(=O)N(CCBr)c5ccccc54)[C@@H]3C2=O)cc1. The second-order valence-electron chi connectivity index (χ2n) is 8.12. The Kier molecular flexibility index (Phi) is 4.67. The number of imide groups is 1. The Morgan fingerprint density at radius 2 is 1.77 bits per heavy atom. The summed E-state index contributed by atoms with van der Waals surface area (Å²) in [5, 5.41) is 3.99. The number of amides is 3. The number of hydrogen-bond donors (Lipinski definition) is 1. The van der Waals surface area contributed by atoms with Crippen LogP contribution in [0.25, 0.3) is 0 Å². The predicted molar refractivity (Wildman–Crippen MR) is 119 cm³/mol. The summed E-state index contributed by atoms with van der Waals surface area (Å²) < 4.78 is 5.19. The van der Waals surface area contributed by atoms with Crippen LogP contribution in [-0.2, 0) is 19.9 Å². The van der Waals surface area contributed by atoms with Crippen molar-refractivity contribution in [2.75, 3.05) is 28.8 Å². The molecule has 3 heterocycles. The number of hydrogen-bond acceptors (Lipinski definition) is 5. The number of fused-ring (bicyclic) bond motifs is 4. The lowest BCUT2D eigenvalue weighted by atomic mass is 9.76. The van der Waals surface area contributed by atoms with E-state index in [-0.39, 0.29) is 23.8 Å². The number of methoxy groups -OCH3 is 1. The Labute approximate surface area is 188 Å². The number of halogens is 1. The lowest BCUT2D eigenvalue weighted by Gasteiger charge is -2.30. The topological polar surface area (TPSA) is 79.0 Å². The zero-order chi connectivity index (χ0) is 21.9. The van der Waals surface area contributed by atoms with Crippen LogP contribution >= 0.6 is 15.9 Å². The fourth-order valence-corrected chi connectivity index (χ4v) is 5.76. The summed E-state index contributed by atoms with van der Waals surface area (Å²) in [6, 6.07) is 14.0. The van der Waals surface area contributed by atoms with Gasteiger partial charge in [-0.05, 0) is 37.3 Å². The van der Waals surface area contributed by atoms with Gasteiger partial charge in [0.15, 0.2) is 0 Å². The van der Waals surface area contributed by atoms with E-state index in [9.17, 15) is 14.4 Å². The molecule has 31 heavy (non-hydrogen) atoms. The van der Waals surface area contributed by atoms with E-state index in [2.05, 4.69) is 21.2 Å². The minimum absolute atomic E-state index is 0.176. The van der Waals surface area contributed by atoms with Crippen LogP contribution in [0, 0.1) is 11.8 Å². The first-order chi connectivity index (χ1) is 15.0. The van der Waals surface area contributed by atoms with E-state index in [1.165, 1.54) is 4.90 Å². The highest BCUT2D eigenvalue weighted by molar-refractivity contribution is 9.09. The molecule has 3 aliphatic rings. The second kappa shape index (κ2) is 7.17. The summed E-state index contributed by atoms with van der Waals surface area (Å²) >= 11 is 3.42. The van der Waals surface area contributed by atoms with Crippen molar-refractivity contribution >= 4 is 45.0 Å². The molecule has 0 aromatic heterocycles. The molecule has 0 unspecified atom stereocenters. The number of para-hydroxylation sites is 1. The number of nitrogens with zero attached hydrogens (tertiary/aromatic N) is 2. The van der Waals surface area contributed by atoms with Gasteiger partial charge in [0.1, 0.15) is 11.3 Å². The van der Waals surface area contributed by atoms with Gasteiger partial charge in [0.25, 0.3) is 5.91 Å². The Balaban J connectivity index is 1.63. The van der Waals surface area contributed by atoms with Gasteiger partial charge in [-0.2, -0.15) is 0 Å². The smallest absolute Gasteiger partial charge is 0.252 e. The van der Waals surface area contributed by atoms with Gasteiger partial charge in [-0.25, -0.2) is 4.90 Å². The maximum absolute atomic E-state index is 13.8. The summed E-state index contributed by atoms with van der Waals surface area (Å²) in [5.74, 6) is -1.58. The average Bonchev–Trinajstić information content (AvgIpc) is 3.33. The maximum atomic E-state index is 13.8. The van der Waals surface area contributed by atoms with Crippen LogP contribution in [0.1, 0.15) is 12.5 Å². The molecular formula is C23H22BrN3O4. The molecule has 8 heteroatoms. The lowest BCUT2D eigenvalue weighted by molar-refractivity contribution is -0.132. The van der Waals surface area contributed by atoms with Gasteiger partial charge >= 0.3 is 0 Å². The third-order valence-electron chi connectivity index (χ3n) is 6.65. The standard InChI is InChI=1S/C23H22BrN3O4/c1-13-18-19(21(29)27(20(18)28)14-7-9-15(31-2)10-8-14)23(25-13)16-5-3-4-6-17(16)26(12-11-24)22(23)30/h3-10,13,18-19,25H,11-12H2,1-2H3/t13-,18+,19-,23-/m0/s1. The Morgan fingerprint density at radius 3 is 2.45 bits per heavy atom. The van der Waals surface area contributed by atoms with Crippen molar-refractivity contribution in [1.29, 1.82) is 0 Å². The molecule has 0 aliphatic carbocycles. The first-order valence-electron chi connectivity index (χ1n) is 10.2. The van der Waals surface area contributed by atoms with E-state index < -0.39 is 17.4 Å². The van der Waals surface area contributed by atoms with Crippen molar-refractivity contribution in [3.8, 4) is 5.75 Å². The van der Waals surface area contributed by atoms with Crippen molar-refractivity contribution in [1.82, 2.24) is 5.32 Å². The van der Waals surface area contributed by atoms with E-state index in [1.54, 1.807) is 36.3 Å². The second-order valence-corrected chi connectivity index (χ2v) is 8.91. The van der Waals surface area contributed by atoms with Crippen LogP contribution in [0.3, 0.4) is 0 Å². The molecule has 7 nitrogen and oxygen atoms in total. The molecule has 160 valence electrons. The van der Waals surface area contributed by atoms with Gasteiger partial charge < -0.3 is 9.64 Å². The van der Waals surface area contributed by atoms with E-state index >= 15 is 0 Å². The summed E-state index contributed by atoms with van der Waals surface area (Å²) in [6.07, 6.45) is 0. The van der Waals surface area contributed by atoms with Gasteiger partial charge in [-0.3, -0.25) is 19.7 Å². The number of alkyl halides is 1. The van der Waals surface area contributed by atoms with E-state index in [0.717, 1.165) is 11.3 Å². The molecular weight excluding hydrogens is 462 g/mol. The molecule has 2 aromatic rings. The Morgan fingerprint density at radius 1 is 1.06 bits per heavy atom. The third-order valence-corrected chi connectivity index (χ3v) is 7.01. The predicted octanol–water partition coefficient (Wildman–Crippen LogP) is 2.43. The van der Waals surface area contributed by atoms with E-state index in [4.69, 9.17) is 4.74 Å². The van der Waals surface area contributed by atoms with Crippen LogP contribution < -0.4 is 19.9 Å². The lowest BCUT2D eigenvalue weighted by Crippen LogP contribution is -2.55. The van der Waals surface area contributed by atoms with Crippen molar-refractivity contribution in [3.05, 3.63) is 54.1 Å². The highest BCUT2D eigenvalue weighted by Crippen LogP contribution is 2.54. The molecule has 1 N–H and O–H groups in total. The number of nitrogens with one attached hydrogen (secondary N) is 1. The molecule has 0 radical (unpaired) electrons. The van der Waals surface area contributed by atoms with Crippen molar-refractivity contribution in [2.24, 2.45) is 11.8 Å². The minimum atomic E-state index is -1.24. The molecule has 0 bridgehead atoms. The van der Waals surface area contributed by atoms with Crippen molar-refractivity contribution < 1.29 is 19.1 Å². The van der Waals surface area contributed by atoms with Crippen molar-refractivity contribution in [3.63, 3.8) is 0 Å². The summed E-state index contributed by atoms with van der Waals surface area (Å²) in [7, 11) is 1.56. The summed E-state index contributed by atoms with van der Waals surface area (Å²) in [4.78, 5) is 43.9. The van der Waals surface area contributed by atoms with Gasteiger partial charge in [0.2, 0.25) is 11.8 Å². The van der Waals surface area contributed by atoms with Crippen LogP contribution in [0.5, 0.6) is 5.75 Å². The van der Waals surface area contributed by atoms with Crippen LogP contribution in [0.2, 0.25) is 0 Å². The Hall–Kier alpha value is -2.71. The van der Waals surface area contributed by atoms with Crippen LogP contribution in [-0.4, -0.2) is 42.7 Å². The first kappa shape index (κ1) is 20.2. The molecule has 2 aromatic carbocycles. The van der Waals surface area contributed by atoms with Crippen molar-refractivity contribution in [2.45, 2.75) is 18.5 Å². The number of carbonyl (C=O) groups is 3. The maximum Gasteiger partial charge on any atom is 0.252 e. The molecule has 1 spiro atoms. The fraction of sp³-hybridized carbons (Fsp3) is 0.348. The zero-order valence-corrected chi connectivity index (χ0v) is 18.8. The minimum Gasteiger partial charge on any atom is -0.497 e. The molecule has 5 rings (SSSR count). The fourth-order valence-electron chi connectivity index (χ4n) is 5.40. The van der Waals surface area contributed by atoms with Crippen LogP contribution in [0.15, 0.2) is 48.5 Å². The van der Waals surface area contributed by atoms with E-state index in [0.29, 0.717) is 23.3 Å². The summed E-state index contributed by atoms with van der Waals surface area (Å²) in [6.45, 7) is 2.35. The van der Waals surface area contributed by atoms with Gasteiger partial charge in [-0.15, -0.1) is 0 Å². The first-order valence-corrected chi connectivity index (χ1v) is 11.3. The normalized spacial score (nSPS) is 29.1. The van der Waals surface area contributed by atoms with Crippen LogP contribution in [0.4, 0.5) is 11.4 Å². The third kappa shape index (κ3) is 2.58. The number of rotatable bonds is 4. The highest BCUT2D eigenvalue weighted by atomic mass is 79.9. The number of ether oxygens (including phenoxy) is 1. The highest BCUT2D eigenvalue weighted by Gasteiger charge is 2.70. The Bertz CT molecular complexity index is 1090. The number of carbonyl (C=O) groups excluding carboxylic acids is 3. The van der Waals surface area contributed by atoms with Gasteiger partial charge in [-0.1, -0.05) is 34.1 Å². The monoisotopic (exact) mass is 483 g/mol. The zero-order valence-electron chi connectivity index (χ0n) is 17.2. The van der Waals surface area contributed by atoms with Gasteiger partial charge in [0, 0.05) is 29.2 Å². The average molecular weight is 484 g/mol. The molecule has 2 saturated heterocycles. The summed E-state index contributed by atoms with van der Waals surface area (Å²) in [5.41, 5.74) is 0.800. The quantitative estimate of drug-likeness (QED) is 0.533. The molecule has 0 saturated carbocycles. The molecule has 2 fully saturated rings. The van der Waals surface area contributed by atoms with Gasteiger partial charge in [0.05, 0.1) is 24.6 Å². The molecule has 3 amide bonds. The van der Waals surface area contributed by atoms with E-state index in [1.807, 2.05) is 31.2 Å². The largest absolute Gasteiger partial charge is 0.497 e. The molecule has 4 atom stereocenters. The number of benzene rings is 2.